The van der Waals surface area contributed by atoms with Crippen molar-refractivity contribution < 1.29 is 4.79 Å². The van der Waals surface area contributed by atoms with Gasteiger partial charge in [0.2, 0.25) is 5.91 Å². The Labute approximate surface area is 151 Å². The maximum atomic E-state index is 12.5. The van der Waals surface area contributed by atoms with Gasteiger partial charge in [-0.2, -0.15) is 0 Å². The number of rotatable bonds is 6. The number of nitrogens with zero attached hydrogens (tertiary/aromatic N) is 2. The molecule has 0 radical (unpaired) electrons. The van der Waals surface area contributed by atoms with Crippen molar-refractivity contribution in [3.8, 4) is 0 Å². The Balaban J connectivity index is 1.37. The molecule has 0 N–H and O–H groups in total. The predicted octanol–water partition coefficient (Wildman–Crippen LogP) is 3.31. The summed E-state index contributed by atoms with van der Waals surface area (Å²) < 4.78 is 0. The average molecular weight is 336 g/mol. The van der Waals surface area contributed by atoms with E-state index in [1.54, 1.807) is 0 Å². The van der Waals surface area contributed by atoms with Crippen LogP contribution in [0, 0.1) is 6.92 Å². The third-order valence-electron chi connectivity index (χ3n) is 4.98. The van der Waals surface area contributed by atoms with Gasteiger partial charge in [-0.05, 0) is 37.4 Å². The van der Waals surface area contributed by atoms with Crippen LogP contribution in [0.4, 0.5) is 0 Å². The number of carbonyl (C=O) groups excluding carboxylic acids is 1. The molecule has 1 saturated heterocycles. The number of amides is 1. The first kappa shape index (κ1) is 17.7. The molecule has 0 spiro atoms. The smallest absolute Gasteiger partial charge is 0.227 e. The molecule has 0 saturated carbocycles. The van der Waals surface area contributed by atoms with Crippen LogP contribution >= 0.6 is 0 Å². The van der Waals surface area contributed by atoms with Gasteiger partial charge in [0, 0.05) is 26.2 Å². The van der Waals surface area contributed by atoms with E-state index >= 15 is 0 Å². The highest BCUT2D eigenvalue weighted by Gasteiger charge is 2.20. The fourth-order valence-electron chi connectivity index (χ4n) is 3.36. The quantitative estimate of drug-likeness (QED) is 0.808. The van der Waals surface area contributed by atoms with Gasteiger partial charge in [-0.15, -0.1) is 0 Å². The van der Waals surface area contributed by atoms with Crippen molar-refractivity contribution in [1.82, 2.24) is 9.80 Å². The molecule has 3 rings (SSSR count). The van der Waals surface area contributed by atoms with Crippen LogP contribution in [0.5, 0.6) is 0 Å². The summed E-state index contributed by atoms with van der Waals surface area (Å²) in [5.41, 5.74) is 3.76. The molecule has 3 nitrogen and oxygen atoms in total. The molecule has 0 aliphatic carbocycles. The summed E-state index contributed by atoms with van der Waals surface area (Å²) in [5.74, 6) is 0.257. The van der Waals surface area contributed by atoms with E-state index in [1.165, 1.54) is 17.5 Å². The lowest BCUT2D eigenvalue weighted by atomic mass is 10.1. The molecule has 2 aromatic carbocycles. The lowest BCUT2D eigenvalue weighted by molar-refractivity contribution is -0.132. The monoisotopic (exact) mass is 336 g/mol. The van der Waals surface area contributed by atoms with Crippen LogP contribution in [0.3, 0.4) is 0 Å². The minimum Gasteiger partial charge on any atom is -0.340 e. The van der Waals surface area contributed by atoms with E-state index < -0.39 is 0 Å². The Morgan fingerprint density at radius 2 is 1.56 bits per heavy atom. The maximum Gasteiger partial charge on any atom is 0.227 e. The lowest BCUT2D eigenvalue weighted by Gasteiger charge is -2.34. The molecule has 25 heavy (non-hydrogen) atoms. The molecule has 0 bridgehead atoms. The summed E-state index contributed by atoms with van der Waals surface area (Å²) in [7, 11) is 0. The van der Waals surface area contributed by atoms with E-state index in [9.17, 15) is 4.79 Å². The Morgan fingerprint density at radius 3 is 2.24 bits per heavy atom. The Kier molecular flexibility index (Phi) is 6.24. The van der Waals surface area contributed by atoms with Crippen molar-refractivity contribution in [2.45, 2.75) is 26.2 Å². The van der Waals surface area contributed by atoms with Crippen LogP contribution in [-0.2, 0) is 17.6 Å². The Morgan fingerprint density at radius 1 is 0.880 bits per heavy atom. The molecule has 1 amide bonds. The summed E-state index contributed by atoms with van der Waals surface area (Å²) in [6.45, 7) is 6.90. The fourth-order valence-corrected chi connectivity index (χ4v) is 3.36. The number of benzene rings is 2. The highest BCUT2D eigenvalue weighted by atomic mass is 16.2. The average Bonchev–Trinajstić information content (AvgIpc) is 2.65. The Bertz CT molecular complexity index is 658. The van der Waals surface area contributed by atoms with Crippen LogP contribution in [-0.4, -0.2) is 48.4 Å². The van der Waals surface area contributed by atoms with Gasteiger partial charge in [0.05, 0.1) is 6.42 Å². The summed E-state index contributed by atoms with van der Waals surface area (Å²) in [6.07, 6.45) is 2.84. The largest absolute Gasteiger partial charge is 0.340 e. The summed E-state index contributed by atoms with van der Waals surface area (Å²) >= 11 is 0. The molecule has 1 heterocycles. The number of aryl methyl sites for hydroxylation is 2. The van der Waals surface area contributed by atoms with Gasteiger partial charge in [-0.3, -0.25) is 9.69 Å². The van der Waals surface area contributed by atoms with Crippen molar-refractivity contribution in [3.05, 3.63) is 71.3 Å². The molecule has 3 heteroatoms. The van der Waals surface area contributed by atoms with E-state index in [1.807, 2.05) is 4.90 Å². The normalized spacial score (nSPS) is 15.3. The van der Waals surface area contributed by atoms with E-state index in [2.05, 4.69) is 66.4 Å². The van der Waals surface area contributed by atoms with Crippen LogP contribution in [0.15, 0.2) is 54.6 Å². The zero-order chi connectivity index (χ0) is 17.5. The number of hydrogen-bond donors (Lipinski definition) is 0. The van der Waals surface area contributed by atoms with E-state index in [-0.39, 0.29) is 5.91 Å². The van der Waals surface area contributed by atoms with Crippen LogP contribution < -0.4 is 0 Å². The first-order valence-electron chi connectivity index (χ1n) is 9.30. The second-order valence-corrected chi connectivity index (χ2v) is 6.97. The summed E-state index contributed by atoms with van der Waals surface area (Å²) in [5, 5.41) is 0. The minimum atomic E-state index is 0.257. The first-order chi connectivity index (χ1) is 12.2. The molecular formula is C22H28N2O. The fraction of sp³-hybridized carbons (Fsp3) is 0.409. The van der Waals surface area contributed by atoms with Gasteiger partial charge in [0.1, 0.15) is 0 Å². The first-order valence-corrected chi connectivity index (χ1v) is 9.30. The SMILES string of the molecule is Cc1ccc(CC(=O)N2CCN(CCCc3ccccc3)CC2)cc1. The standard InChI is InChI=1S/C22H28N2O/c1-19-9-11-21(12-10-19)18-22(25)24-16-14-23(15-17-24)13-5-8-20-6-3-2-4-7-20/h2-4,6-7,9-12H,5,8,13-18H2,1H3. The molecule has 1 aliphatic rings. The molecule has 132 valence electrons. The van der Waals surface area contributed by atoms with E-state index in [0.29, 0.717) is 6.42 Å². The Hall–Kier alpha value is -2.13. The number of carbonyl (C=O) groups is 1. The van der Waals surface area contributed by atoms with Crippen molar-refractivity contribution in [2.75, 3.05) is 32.7 Å². The molecule has 0 aromatic heterocycles. The maximum absolute atomic E-state index is 12.5. The zero-order valence-electron chi connectivity index (χ0n) is 15.2. The number of hydrogen-bond acceptors (Lipinski definition) is 2. The summed E-state index contributed by atoms with van der Waals surface area (Å²) in [4.78, 5) is 17.0. The lowest BCUT2D eigenvalue weighted by Crippen LogP contribution is -2.49. The van der Waals surface area contributed by atoms with Crippen molar-refractivity contribution in [1.29, 1.82) is 0 Å². The van der Waals surface area contributed by atoms with Crippen molar-refractivity contribution in [3.63, 3.8) is 0 Å². The van der Waals surface area contributed by atoms with Gasteiger partial charge in [-0.25, -0.2) is 0 Å². The molecular weight excluding hydrogens is 308 g/mol. The van der Waals surface area contributed by atoms with Crippen molar-refractivity contribution in [2.24, 2.45) is 0 Å². The third-order valence-corrected chi connectivity index (χ3v) is 4.98. The van der Waals surface area contributed by atoms with Gasteiger partial charge < -0.3 is 4.90 Å². The second-order valence-electron chi connectivity index (χ2n) is 6.97. The van der Waals surface area contributed by atoms with Crippen LogP contribution in [0.1, 0.15) is 23.1 Å². The molecule has 2 aromatic rings. The summed E-state index contributed by atoms with van der Waals surface area (Å²) in [6, 6.07) is 18.9. The highest BCUT2D eigenvalue weighted by Crippen LogP contribution is 2.10. The third kappa shape index (κ3) is 5.43. The van der Waals surface area contributed by atoms with E-state index in [4.69, 9.17) is 0 Å². The molecule has 0 unspecified atom stereocenters. The molecule has 0 atom stereocenters. The highest BCUT2D eigenvalue weighted by molar-refractivity contribution is 5.78. The molecule has 1 fully saturated rings. The minimum absolute atomic E-state index is 0.257. The van der Waals surface area contributed by atoms with E-state index in [0.717, 1.165) is 44.7 Å². The van der Waals surface area contributed by atoms with Crippen LogP contribution in [0.25, 0.3) is 0 Å². The van der Waals surface area contributed by atoms with Gasteiger partial charge in [0.15, 0.2) is 0 Å². The molecule has 1 aliphatic heterocycles. The van der Waals surface area contributed by atoms with Gasteiger partial charge in [-0.1, -0.05) is 60.2 Å². The topological polar surface area (TPSA) is 23.6 Å². The van der Waals surface area contributed by atoms with Gasteiger partial charge in [0.25, 0.3) is 0 Å². The van der Waals surface area contributed by atoms with Gasteiger partial charge >= 0.3 is 0 Å². The van der Waals surface area contributed by atoms with Crippen molar-refractivity contribution >= 4 is 5.91 Å². The zero-order valence-corrected chi connectivity index (χ0v) is 15.2. The number of piperazine rings is 1. The van der Waals surface area contributed by atoms with Crippen LogP contribution in [0.2, 0.25) is 0 Å². The predicted molar refractivity (Wildman–Crippen MR) is 103 cm³/mol. The second kappa shape index (κ2) is 8.82.